The lowest BCUT2D eigenvalue weighted by Gasteiger charge is -2.24. The molecule has 1 aromatic heterocycles. The molecule has 0 fully saturated rings. The first-order chi connectivity index (χ1) is 9.20. The van der Waals surface area contributed by atoms with Crippen molar-refractivity contribution in [3.05, 3.63) is 35.7 Å². The minimum absolute atomic E-state index is 0.832. The molecule has 2 rings (SSSR count). The molecule has 1 N–H and O–H groups in total. The third-order valence-corrected chi connectivity index (χ3v) is 3.79. The zero-order chi connectivity index (χ0) is 13.7. The third kappa shape index (κ3) is 3.67. The number of aromatic nitrogens is 2. The lowest BCUT2D eigenvalue weighted by atomic mass is 10.2. The molecule has 4 nitrogen and oxygen atoms in total. The van der Waals surface area contributed by atoms with Gasteiger partial charge >= 0.3 is 0 Å². The second kappa shape index (κ2) is 6.52. The Morgan fingerprint density at radius 1 is 1.26 bits per heavy atom. The second-order valence-corrected chi connectivity index (χ2v) is 5.19. The number of benzene rings is 1. The number of nitrogens with zero attached hydrogens (tertiary/aromatic N) is 3. The summed E-state index contributed by atoms with van der Waals surface area (Å²) >= 11 is 1.42. The van der Waals surface area contributed by atoms with Crippen molar-refractivity contribution in [3.63, 3.8) is 0 Å². The summed E-state index contributed by atoms with van der Waals surface area (Å²) in [5.41, 5.74) is 2.62. The molecule has 0 radical (unpaired) electrons. The van der Waals surface area contributed by atoms with Gasteiger partial charge in [0.2, 0.25) is 5.13 Å². The van der Waals surface area contributed by atoms with E-state index in [1.807, 2.05) is 6.92 Å². The molecule has 0 saturated heterocycles. The van der Waals surface area contributed by atoms with Crippen molar-refractivity contribution in [1.82, 2.24) is 9.36 Å². The molecule has 0 spiro atoms. The molecule has 1 aromatic carbocycles. The normalized spacial score (nSPS) is 10.5. The summed E-state index contributed by atoms with van der Waals surface area (Å²) in [7, 11) is 0. The van der Waals surface area contributed by atoms with E-state index in [0.717, 1.165) is 30.6 Å². The number of para-hydroxylation sites is 1. The van der Waals surface area contributed by atoms with Gasteiger partial charge in [-0.2, -0.15) is 4.37 Å². The summed E-state index contributed by atoms with van der Waals surface area (Å²) < 4.78 is 4.16. The first-order valence-corrected chi connectivity index (χ1v) is 7.32. The van der Waals surface area contributed by atoms with Crippen LogP contribution < -0.4 is 10.2 Å². The summed E-state index contributed by atoms with van der Waals surface area (Å²) in [5, 5.41) is 4.22. The number of anilines is 2. The van der Waals surface area contributed by atoms with Crippen LogP contribution in [0.2, 0.25) is 0 Å². The van der Waals surface area contributed by atoms with E-state index in [1.165, 1.54) is 22.8 Å². The zero-order valence-electron chi connectivity index (χ0n) is 11.7. The van der Waals surface area contributed by atoms with E-state index in [-0.39, 0.29) is 0 Å². The lowest BCUT2D eigenvalue weighted by Crippen LogP contribution is -2.29. The molecule has 19 heavy (non-hydrogen) atoms. The Morgan fingerprint density at radius 3 is 2.68 bits per heavy atom. The van der Waals surface area contributed by atoms with Crippen molar-refractivity contribution >= 4 is 22.4 Å². The van der Waals surface area contributed by atoms with Crippen molar-refractivity contribution in [3.8, 4) is 0 Å². The molecule has 0 unspecified atom stereocenters. The highest BCUT2D eigenvalue weighted by atomic mass is 32.1. The summed E-state index contributed by atoms with van der Waals surface area (Å²) in [6.07, 6.45) is 0. The molecular formula is C14H20N4S. The Kier molecular flexibility index (Phi) is 4.74. The molecule has 0 aliphatic heterocycles. The van der Waals surface area contributed by atoms with Crippen LogP contribution in [0.5, 0.6) is 0 Å². The number of rotatable bonds is 6. The molecule has 0 aliphatic rings. The van der Waals surface area contributed by atoms with E-state index in [0.29, 0.717) is 0 Å². The maximum Gasteiger partial charge on any atom is 0.202 e. The Morgan fingerprint density at radius 2 is 2.05 bits per heavy atom. The fraction of sp³-hybridized carbons (Fsp3) is 0.429. The highest BCUT2D eigenvalue weighted by molar-refractivity contribution is 7.09. The largest absolute Gasteiger partial charge is 0.370 e. The van der Waals surface area contributed by atoms with Crippen LogP contribution in [0.1, 0.15) is 18.3 Å². The Balaban J connectivity index is 1.91. The van der Waals surface area contributed by atoms with Gasteiger partial charge in [0.25, 0.3) is 0 Å². The van der Waals surface area contributed by atoms with E-state index in [2.05, 4.69) is 57.7 Å². The first-order valence-electron chi connectivity index (χ1n) is 6.55. The van der Waals surface area contributed by atoms with E-state index in [1.54, 1.807) is 0 Å². The van der Waals surface area contributed by atoms with Gasteiger partial charge in [-0.1, -0.05) is 18.2 Å². The second-order valence-electron chi connectivity index (χ2n) is 4.44. The molecule has 0 bridgehead atoms. The molecule has 102 valence electrons. The monoisotopic (exact) mass is 276 g/mol. The standard InChI is InChI=1S/C14H20N4S/c1-4-18(13-8-6-5-7-11(13)2)10-9-15-14-16-12(3)17-19-14/h5-8H,4,9-10H2,1-3H3,(H,15,16,17). The fourth-order valence-electron chi connectivity index (χ4n) is 2.03. The van der Waals surface area contributed by atoms with Crippen LogP contribution >= 0.6 is 11.5 Å². The third-order valence-electron chi connectivity index (χ3n) is 3.02. The van der Waals surface area contributed by atoms with Crippen LogP contribution in [0.25, 0.3) is 0 Å². The Bertz CT molecular complexity index is 524. The topological polar surface area (TPSA) is 41.0 Å². The van der Waals surface area contributed by atoms with Crippen molar-refractivity contribution in [2.45, 2.75) is 20.8 Å². The number of nitrogens with one attached hydrogen (secondary N) is 1. The maximum atomic E-state index is 4.30. The smallest absolute Gasteiger partial charge is 0.202 e. The summed E-state index contributed by atoms with van der Waals surface area (Å²) in [6.45, 7) is 9.08. The Hall–Kier alpha value is -1.62. The molecule has 1 heterocycles. The Labute approximate surface area is 118 Å². The van der Waals surface area contributed by atoms with E-state index < -0.39 is 0 Å². The summed E-state index contributed by atoms with van der Waals surface area (Å²) in [5.74, 6) is 0.832. The van der Waals surface area contributed by atoms with Gasteiger partial charge in [-0.3, -0.25) is 0 Å². The zero-order valence-corrected chi connectivity index (χ0v) is 12.5. The van der Waals surface area contributed by atoms with E-state index in [4.69, 9.17) is 0 Å². The summed E-state index contributed by atoms with van der Waals surface area (Å²) in [4.78, 5) is 6.67. The van der Waals surface area contributed by atoms with Gasteiger partial charge in [-0.15, -0.1) is 0 Å². The van der Waals surface area contributed by atoms with Crippen LogP contribution in [0.4, 0.5) is 10.8 Å². The lowest BCUT2D eigenvalue weighted by molar-refractivity contribution is 0.831. The van der Waals surface area contributed by atoms with Gasteiger partial charge < -0.3 is 10.2 Å². The molecule has 5 heteroatoms. The first kappa shape index (κ1) is 13.8. The van der Waals surface area contributed by atoms with Gasteiger partial charge in [0.15, 0.2) is 0 Å². The SMILES string of the molecule is CCN(CCNc1nc(C)ns1)c1ccccc1C. The average molecular weight is 276 g/mol. The van der Waals surface area contributed by atoms with E-state index >= 15 is 0 Å². The van der Waals surface area contributed by atoms with Gasteiger partial charge in [-0.25, -0.2) is 4.98 Å². The van der Waals surface area contributed by atoms with Crippen LogP contribution in [0.3, 0.4) is 0 Å². The number of likely N-dealkylation sites (N-methyl/N-ethyl adjacent to an activating group) is 1. The van der Waals surface area contributed by atoms with Crippen LogP contribution in [-0.2, 0) is 0 Å². The van der Waals surface area contributed by atoms with E-state index in [9.17, 15) is 0 Å². The quantitative estimate of drug-likeness (QED) is 0.880. The van der Waals surface area contributed by atoms with Crippen molar-refractivity contribution in [2.75, 3.05) is 29.9 Å². The maximum absolute atomic E-state index is 4.30. The summed E-state index contributed by atoms with van der Waals surface area (Å²) in [6, 6.07) is 8.49. The predicted octanol–water partition coefficient (Wildman–Crippen LogP) is 3.09. The number of hydrogen-bond donors (Lipinski definition) is 1. The molecule has 0 atom stereocenters. The fourth-order valence-corrected chi connectivity index (χ4v) is 2.63. The average Bonchev–Trinajstić information content (AvgIpc) is 2.82. The molecule has 2 aromatic rings. The molecule has 0 saturated carbocycles. The van der Waals surface area contributed by atoms with Crippen molar-refractivity contribution in [1.29, 1.82) is 0 Å². The van der Waals surface area contributed by atoms with Gasteiger partial charge in [0.05, 0.1) is 0 Å². The molecular weight excluding hydrogens is 256 g/mol. The van der Waals surface area contributed by atoms with Gasteiger partial charge in [-0.05, 0) is 32.4 Å². The van der Waals surface area contributed by atoms with Crippen LogP contribution in [0.15, 0.2) is 24.3 Å². The molecule has 0 aliphatic carbocycles. The van der Waals surface area contributed by atoms with Crippen LogP contribution in [-0.4, -0.2) is 29.0 Å². The van der Waals surface area contributed by atoms with Crippen LogP contribution in [0, 0.1) is 13.8 Å². The number of hydrogen-bond acceptors (Lipinski definition) is 5. The minimum atomic E-state index is 0.832. The highest BCUT2D eigenvalue weighted by Crippen LogP contribution is 2.18. The van der Waals surface area contributed by atoms with Gasteiger partial charge in [0, 0.05) is 36.9 Å². The number of aryl methyl sites for hydroxylation is 2. The minimum Gasteiger partial charge on any atom is -0.370 e. The molecule has 0 amide bonds. The highest BCUT2D eigenvalue weighted by Gasteiger charge is 2.06. The van der Waals surface area contributed by atoms with Crippen molar-refractivity contribution in [2.24, 2.45) is 0 Å². The van der Waals surface area contributed by atoms with Gasteiger partial charge in [0.1, 0.15) is 5.82 Å². The predicted molar refractivity (Wildman–Crippen MR) is 82.2 cm³/mol. The van der Waals surface area contributed by atoms with Crippen molar-refractivity contribution < 1.29 is 0 Å².